The van der Waals surface area contributed by atoms with Crippen LogP contribution in [0.3, 0.4) is 0 Å². The van der Waals surface area contributed by atoms with Crippen molar-refractivity contribution in [2.45, 2.75) is 19.4 Å². The van der Waals surface area contributed by atoms with Crippen molar-refractivity contribution in [2.75, 3.05) is 13.7 Å². The maximum absolute atomic E-state index is 9.70. The van der Waals surface area contributed by atoms with Crippen LogP contribution in [0.4, 0.5) is 0 Å². The Labute approximate surface area is 120 Å². The van der Waals surface area contributed by atoms with Gasteiger partial charge in [0.05, 0.1) is 7.11 Å². The Morgan fingerprint density at radius 2 is 1.85 bits per heavy atom. The van der Waals surface area contributed by atoms with Crippen molar-refractivity contribution in [1.82, 2.24) is 5.32 Å². The SMILES string of the molecule is COc1ccc(CCCNCc2ccccc2)cc1O. The van der Waals surface area contributed by atoms with Crippen LogP contribution in [-0.2, 0) is 13.0 Å². The fourth-order valence-electron chi connectivity index (χ4n) is 2.14. The zero-order valence-corrected chi connectivity index (χ0v) is 11.8. The summed E-state index contributed by atoms with van der Waals surface area (Å²) >= 11 is 0. The average Bonchev–Trinajstić information content (AvgIpc) is 2.48. The third-order valence-corrected chi connectivity index (χ3v) is 3.23. The second kappa shape index (κ2) is 7.56. The second-order valence-electron chi connectivity index (χ2n) is 4.77. The molecule has 2 rings (SSSR count). The van der Waals surface area contributed by atoms with Gasteiger partial charge < -0.3 is 15.2 Å². The molecule has 0 fully saturated rings. The van der Waals surface area contributed by atoms with Crippen molar-refractivity contribution in [1.29, 1.82) is 0 Å². The van der Waals surface area contributed by atoms with Crippen LogP contribution in [0.2, 0.25) is 0 Å². The highest BCUT2D eigenvalue weighted by atomic mass is 16.5. The van der Waals surface area contributed by atoms with E-state index in [1.807, 2.05) is 18.2 Å². The molecule has 2 aromatic rings. The van der Waals surface area contributed by atoms with Crippen LogP contribution in [0, 0.1) is 0 Å². The molecule has 0 atom stereocenters. The smallest absolute Gasteiger partial charge is 0.160 e. The van der Waals surface area contributed by atoms with Gasteiger partial charge in [0.2, 0.25) is 0 Å². The number of benzene rings is 2. The Morgan fingerprint density at radius 1 is 1.05 bits per heavy atom. The lowest BCUT2D eigenvalue weighted by Gasteiger charge is -2.07. The molecule has 20 heavy (non-hydrogen) atoms. The van der Waals surface area contributed by atoms with Crippen LogP contribution in [0.5, 0.6) is 11.5 Å². The summed E-state index contributed by atoms with van der Waals surface area (Å²) in [4.78, 5) is 0. The Kier molecular flexibility index (Phi) is 5.44. The van der Waals surface area contributed by atoms with Crippen molar-refractivity contribution >= 4 is 0 Å². The molecular formula is C17H21NO2. The fourth-order valence-corrected chi connectivity index (χ4v) is 2.14. The van der Waals surface area contributed by atoms with Gasteiger partial charge in [-0.25, -0.2) is 0 Å². The Bertz CT molecular complexity index is 526. The van der Waals surface area contributed by atoms with E-state index in [4.69, 9.17) is 4.74 Å². The highest BCUT2D eigenvalue weighted by Gasteiger charge is 2.02. The Morgan fingerprint density at radius 3 is 2.55 bits per heavy atom. The van der Waals surface area contributed by atoms with Gasteiger partial charge in [-0.15, -0.1) is 0 Å². The second-order valence-corrected chi connectivity index (χ2v) is 4.77. The van der Waals surface area contributed by atoms with Crippen LogP contribution in [0.25, 0.3) is 0 Å². The summed E-state index contributed by atoms with van der Waals surface area (Å²) in [6.07, 6.45) is 1.98. The van der Waals surface area contributed by atoms with E-state index in [0.717, 1.165) is 31.5 Å². The van der Waals surface area contributed by atoms with Gasteiger partial charge in [-0.1, -0.05) is 36.4 Å². The lowest BCUT2D eigenvalue weighted by atomic mass is 10.1. The van der Waals surface area contributed by atoms with Gasteiger partial charge in [0, 0.05) is 6.54 Å². The summed E-state index contributed by atoms with van der Waals surface area (Å²) in [6, 6.07) is 15.9. The summed E-state index contributed by atoms with van der Waals surface area (Å²) in [5, 5.41) is 13.1. The number of phenols is 1. The molecule has 0 radical (unpaired) electrons. The minimum atomic E-state index is 0.210. The molecule has 0 unspecified atom stereocenters. The quantitative estimate of drug-likeness (QED) is 0.760. The zero-order valence-electron chi connectivity index (χ0n) is 11.8. The van der Waals surface area contributed by atoms with Crippen molar-refractivity contribution in [3.8, 4) is 11.5 Å². The number of nitrogens with one attached hydrogen (secondary N) is 1. The third-order valence-electron chi connectivity index (χ3n) is 3.23. The maximum Gasteiger partial charge on any atom is 0.160 e. The number of phenolic OH excluding ortho intramolecular Hbond substituents is 1. The van der Waals surface area contributed by atoms with E-state index in [2.05, 4.69) is 29.6 Å². The predicted molar refractivity (Wildman–Crippen MR) is 81.1 cm³/mol. The number of ether oxygens (including phenoxy) is 1. The summed E-state index contributed by atoms with van der Waals surface area (Å²) in [5.41, 5.74) is 2.43. The van der Waals surface area contributed by atoms with Gasteiger partial charge in [0.1, 0.15) is 0 Å². The Balaban J connectivity index is 1.69. The zero-order chi connectivity index (χ0) is 14.2. The van der Waals surface area contributed by atoms with Gasteiger partial charge in [0.25, 0.3) is 0 Å². The van der Waals surface area contributed by atoms with Crippen molar-refractivity contribution in [3.63, 3.8) is 0 Å². The summed E-state index contributed by atoms with van der Waals surface area (Å²) < 4.78 is 5.03. The topological polar surface area (TPSA) is 41.5 Å². The molecule has 0 aliphatic heterocycles. The third kappa shape index (κ3) is 4.28. The average molecular weight is 271 g/mol. The number of rotatable bonds is 7. The maximum atomic E-state index is 9.70. The highest BCUT2D eigenvalue weighted by molar-refractivity contribution is 5.41. The molecule has 106 valence electrons. The summed E-state index contributed by atoms with van der Waals surface area (Å²) in [7, 11) is 1.56. The molecule has 0 spiro atoms. The van der Waals surface area contributed by atoms with Crippen LogP contribution < -0.4 is 10.1 Å². The van der Waals surface area contributed by atoms with Crippen molar-refractivity contribution in [3.05, 3.63) is 59.7 Å². The van der Waals surface area contributed by atoms with Crippen LogP contribution >= 0.6 is 0 Å². The molecule has 0 amide bonds. The molecular weight excluding hydrogens is 250 g/mol. The number of hydrogen-bond acceptors (Lipinski definition) is 3. The first kappa shape index (κ1) is 14.4. The molecule has 2 N–H and O–H groups in total. The van der Waals surface area contributed by atoms with E-state index in [9.17, 15) is 5.11 Å². The van der Waals surface area contributed by atoms with Crippen LogP contribution in [-0.4, -0.2) is 18.8 Å². The number of aryl methyl sites for hydroxylation is 1. The standard InChI is InChI=1S/C17H21NO2/c1-20-17-10-9-14(12-16(17)19)8-5-11-18-13-15-6-3-2-4-7-15/h2-4,6-7,9-10,12,18-19H,5,8,11,13H2,1H3. The number of methoxy groups -OCH3 is 1. The molecule has 0 aromatic heterocycles. The number of aromatic hydroxyl groups is 1. The van der Waals surface area contributed by atoms with Crippen molar-refractivity contribution < 1.29 is 9.84 Å². The monoisotopic (exact) mass is 271 g/mol. The molecule has 3 nitrogen and oxygen atoms in total. The molecule has 0 aliphatic rings. The Hall–Kier alpha value is -2.00. The van der Waals surface area contributed by atoms with Gasteiger partial charge in [-0.3, -0.25) is 0 Å². The fraction of sp³-hybridized carbons (Fsp3) is 0.294. The van der Waals surface area contributed by atoms with Gasteiger partial charge in [-0.2, -0.15) is 0 Å². The molecule has 0 saturated carbocycles. The molecule has 0 bridgehead atoms. The van der Waals surface area contributed by atoms with Gasteiger partial charge >= 0.3 is 0 Å². The van der Waals surface area contributed by atoms with E-state index in [-0.39, 0.29) is 5.75 Å². The molecule has 2 aromatic carbocycles. The molecule has 3 heteroatoms. The number of hydrogen-bond donors (Lipinski definition) is 2. The highest BCUT2D eigenvalue weighted by Crippen LogP contribution is 2.26. The molecule has 0 aliphatic carbocycles. The summed E-state index contributed by atoms with van der Waals surface area (Å²) in [6.45, 7) is 1.86. The van der Waals surface area contributed by atoms with Crippen LogP contribution in [0.15, 0.2) is 48.5 Å². The first-order chi connectivity index (χ1) is 9.79. The van der Waals surface area contributed by atoms with E-state index < -0.39 is 0 Å². The van der Waals surface area contributed by atoms with E-state index in [1.165, 1.54) is 5.56 Å². The predicted octanol–water partition coefficient (Wildman–Crippen LogP) is 3.12. The largest absolute Gasteiger partial charge is 0.504 e. The summed E-state index contributed by atoms with van der Waals surface area (Å²) in [5.74, 6) is 0.734. The lowest BCUT2D eigenvalue weighted by molar-refractivity contribution is 0.373. The van der Waals surface area contributed by atoms with E-state index in [1.54, 1.807) is 13.2 Å². The van der Waals surface area contributed by atoms with Crippen LogP contribution in [0.1, 0.15) is 17.5 Å². The van der Waals surface area contributed by atoms with Gasteiger partial charge in [-0.05, 0) is 42.6 Å². The van der Waals surface area contributed by atoms with E-state index in [0.29, 0.717) is 5.75 Å². The van der Waals surface area contributed by atoms with Gasteiger partial charge in [0.15, 0.2) is 11.5 Å². The normalized spacial score (nSPS) is 10.4. The minimum Gasteiger partial charge on any atom is -0.504 e. The minimum absolute atomic E-state index is 0.210. The molecule has 0 heterocycles. The van der Waals surface area contributed by atoms with E-state index >= 15 is 0 Å². The lowest BCUT2D eigenvalue weighted by Crippen LogP contribution is -2.15. The first-order valence-electron chi connectivity index (χ1n) is 6.90. The van der Waals surface area contributed by atoms with Crippen molar-refractivity contribution in [2.24, 2.45) is 0 Å². The molecule has 0 saturated heterocycles. The first-order valence-corrected chi connectivity index (χ1v) is 6.90.